The van der Waals surface area contributed by atoms with Gasteiger partial charge in [0, 0.05) is 22.0 Å². The first-order valence-electron chi connectivity index (χ1n) is 3.86. The number of nitrogens with one attached hydrogen (secondary N) is 1. The zero-order valence-corrected chi connectivity index (χ0v) is 10.3. The third kappa shape index (κ3) is 1.81. The molecule has 2 aromatic rings. The number of hydrogen-bond acceptors (Lipinski definition) is 1. The van der Waals surface area contributed by atoms with Gasteiger partial charge in [-0.3, -0.25) is 0 Å². The molecule has 0 spiro atoms. The highest BCUT2D eigenvalue weighted by molar-refractivity contribution is 9.10. The van der Waals surface area contributed by atoms with Gasteiger partial charge in [-0.1, -0.05) is 6.07 Å². The molecule has 0 radical (unpaired) electrons. The predicted octanol–water partition coefficient (Wildman–Crippen LogP) is -1.41. The van der Waals surface area contributed by atoms with Crippen molar-refractivity contribution in [1.82, 2.24) is 4.98 Å². The van der Waals surface area contributed by atoms with Crippen LogP contribution in [-0.2, 0) is 6.42 Å². The first kappa shape index (κ1) is 11.2. The lowest BCUT2D eigenvalue weighted by molar-refractivity contribution is -0.522. The minimum atomic E-state index is 0. The van der Waals surface area contributed by atoms with E-state index in [0.717, 1.165) is 15.9 Å². The SMILES string of the molecule is N#CCc1[nH]c2cccc[n+]2c1Br.[Br-]. The molecule has 1 N–H and O–H groups in total. The Balaban J connectivity index is 0.000000980. The molecule has 0 unspecified atom stereocenters. The topological polar surface area (TPSA) is 43.7 Å². The van der Waals surface area contributed by atoms with E-state index in [1.807, 2.05) is 28.8 Å². The fourth-order valence-electron chi connectivity index (χ4n) is 1.26. The number of fused-ring (bicyclic) bond motifs is 1. The number of H-pyrrole nitrogens is 1. The Hall–Kier alpha value is -0.860. The minimum Gasteiger partial charge on any atom is -1.00 e. The number of halogens is 2. The Morgan fingerprint density at radius 1 is 1.50 bits per heavy atom. The highest BCUT2D eigenvalue weighted by Crippen LogP contribution is 2.12. The van der Waals surface area contributed by atoms with Crippen molar-refractivity contribution >= 4 is 21.6 Å². The van der Waals surface area contributed by atoms with Gasteiger partial charge in [-0.2, -0.15) is 9.66 Å². The second kappa shape index (κ2) is 4.58. The van der Waals surface area contributed by atoms with E-state index >= 15 is 0 Å². The van der Waals surface area contributed by atoms with E-state index in [1.165, 1.54) is 0 Å². The van der Waals surface area contributed by atoms with Crippen LogP contribution >= 0.6 is 15.9 Å². The average molecular weight is 317 g/mol. The molecule has 14 heavy (non-hydrogen) atoms. The molecular weight excluding hydrogens is 310 g/mol. The Morgan fingerprint density at radius 3 is 2.93 bits per heavy atom. The van der Waals surface area contributed by atoms with E-state index in [2.05, 4.69) is 27.0 Å². The second-order valence-corrected chi connectivity index (χ2v) is 3.44. The van der Waals surface area contributed by atoms with Crippen molar-refractivity contribution in [1.29, 1.82) is 5.26 Å². The number of pyridine rings is 1. The van der Waals surface area contributed by atoms with Crippen molar-refractivity contribution in [2.24, 2.45) is 0 Å². The van der Waals surface area contributed by atoms with Gasteiger partial charge < -0.3 is 17.0 Å². The molecule has 0 amide bonds. The summed E-state index contributed by atoms with van der Waals surface area (Å²) in [6.45, 7) is 0. The van der Waals surface area contributed by atoms with Gasteiger partial charge in [0.05, 0.1) is 12.3 Å². The van der Waals surface area contributed by atoms with E-state index in [-0.39, 0.29) is 17.0 Å². The molecule has 0 aliphatic rings. The Kier molecular flexibility index (Phi) is 3.67. The van der Waals surface area contributed by atoms with Crippen molar-refractivity contribution < 1.29 is 21.4 Å². The van der Waals surface area contributed by atoms with Gasteiger partial charge >= 0.3 is 0 Å². The maximum Gasteiger partial charge on any atom is 0.285 e. The van der Waals surface area contributed by atoms with Crippen LogP contribution in [-0.4, -0.2) is 4.98 Å². The smallest absolute Gasteiger partial charge is 0.285 e. The first-order chi connectivity index (χ1) is 6.33. The van der Waals surface area contributed by atoms with E-state index in [1.54, 1.807) is 0 Å². The van der Waals surface area contributed by atoms with E-state index in [9.17, 15) is 0 Å². The van der Waals surface area contributed by atoms with Crippen LogP contribution in [0, 0.1) is 11.3 Å². The molecule has 0 saturated carbocycles. The Bertz CT molecular complexity index is 484. The number of imidazole rings is 1. The summed E-state index contributed by atoms with van der Waals surface area (Å²) in [4.78, 5) is 3.16. The monoisotopic (exact) mass is 315 g/mol. The maximum absolute atomic E-state index is 8.57. The largest absolute Gasteiger partial charge is 1.00 e. The lowest BCUT2D eigenvalue weighted by Gasteiger charge is -1.83. The summed E-state index contributed by atoms with van der Waals surface area (Å²) in [6, 6.07) is 7.97. The molecule has 0 fully saturated rings. The summed E-state index contributed by atoms with van der Waals surface area (Å²) in [5, 5.41) is 8.57. The fraction of sp³-hybridized carbons (Fsp3) is 0.111. The summed E-state index contributed by atoms with van der Waals surface area (Å²) in [5.41, 5.74) is 1.90. The van der Waals surface area contributed by atoms with Crippen LogP contribution in [0.15, 0.2) is 29.0 Å². The Labute approximate surface area is 100 Å². The third-order valence-electron chi connectivity index (χ3n) is 1.86. The number of hydrogen-bond donors (Lipinski definition) is 1. The van der Waals surface area contributed by atoms with Crippen molar-refractivity contribution in [2.45, 2.75) is 6.42 Å². The van der Waals surface area contributed by atoms with Crippen LogP contribution in [0.1, 0.15) is 5.69 Å². The zero-order valence-electron chi connectivity index (χ0n) is 7.17. The standard InChI is InChI=1S/C9H6BrN3.BrH/c10-9-7(4-5-11)12-8-3-1-2-6-13(8)9;/h1-3,6H,4H2;1H. The molecule has 2 aromatic heterocycles. The van der Waals surface area contributed by atoms with Crippen LogP contribution < -0.4 is 21.4 Å². The van der Waals surface area contributed by atoms with Gasteiger partial charge in [0.2, 0.25) is 4.60 Å². The van der Waals surface area contributed by atoms with Crippen LogP contribution in [0.3, 0.4) is 0 Å². The molecule has 0 aliphatic carbocycles. The predicted molar refractivity (Wildman–Crippen MR) is 51.0 cm³/mol. The maximum atomic E-state index is 8.57. The molecule has 2 heterocycles. The molecule has 0 aromatic carbocycles. The number of rotatable bonds is 1. The first-order valence-corrected chi connectivity index (χ1v) is 4.66. The lowest BCUT2D eigenvalue weighted by Crippen LogP contribution is -3.00. The number of aromatic amines is 1. The normalized spacial score (nSPS) is 9.43. The van der Waals surface area contributed by atoms with Crippen molar-refractivity contribution in [2.75, 3.05) is 0 Å². The van der Waals surface area contributed by atoms with E-state index < -0.39 is 0 Å². The van der Waals surface area contributed by atoms with Gasteiger partial charge in [-0.15, -0.1) is 0 Å². The average Bonchev–Trinajstić information content (AvgIpc) is 2.46. The van der Waals surface area contributed by atoms with Crippen LogP contribution in [0.2, 0.25) is 0 Å². The molecule has 72 valence electrons. The number of aromatic nitrogens is 2. The van der Waals surface area contributed by atoms with E-state index in [0.29, 0.717) is 6.42 Å². The second-order valence-electron chi connectivity index (χ2n) is 2.69. The summed E-state index contributed by atoms with van der Waals surface area (Å²) >= 11 is 3.43. The molecule has 0 bridgehead atoms. The van der Waals surface area contributed by atoms with Crippen molar-refractivity contribution in [3.8, 4) is 6.07 Å². The van der Waals surface area contributed by atoms with Crippen LogP contribution in [0.25, 0.3) is 5.65 Å². The quantitative estimate of drug-likeness (QED) is 0.645. The summed E-state index contributed by atoms with van der Waals surface area (Å²) in [7, 11) is 0. The van der Waals surface area contributed by atoms with Gasteiger partial charge in [0.1, 0.15) is 6.42 Å². The highest BCUT2D eigenvalue weighted by atomic mass is 79.9. The third-order valence-corrected chi connectivity index (χ3v) is 2.72. The molecule has 3 nitrogen and oxygen atoms in total. The van der Waals surface area contributed by atoms with Gasteiger partial charge in [-0.05, 0) is 6.07 Å². The van der Waals surface area contributed by atoms with Gasteiger partial charge in [0.15, 0.2) is 5.69 Å². The number of nitrogens with zero attached hydrogens (tertiary/aromatic N) is 2. The van der Waals surface area contributed by atoms with Crippen LogP contribution in [0.4, 0.5) is 0 Å². The highest BCUT2D eigenvalue weighted by Gasteiger charge is 2.14. The Morgan fingerprint density at radius 2 is 2.29 bits per heavy atom. The summed E-state index contributed by atoms with van der Waals surface area (Å²) < 4.78 is 2.89. The fourth-order valence-corrected chi connectivity index (χ4v) is 1.81. The number of nitriles is 1. The van der Waals surface area contributed by atoms with Crippen molar-refractivity contribution in [3.05, 3.63) is 34.7 Å². The van der Waals surface area contributed by atoms with E-state index in [4.69, 9.17) is 5.26 Å². The minimum absolute atomic E-state index is 0. The van der Waals surface area contributed by atoms with Crippen LogP contribution in [0.5, 0.6) is 0 Å². The van der Waals surface area contributed by atoms with Gasteiger partial charge in [0.25, 0.3) is 5.65 Å². The van der Waals surface area contributed by atoms with Gasteiger partial charge in [-0.25, -0.2) is 4.98 Å². The molecule has 5 heteroatoms. The molecule has 0 saturated heterocycles. The molecular formula is C9H7Br2N3. The lowest BCUT2D eigenvalue weighted by atomic mass is 10.4. The molecule has 2 rings (SSSR count). The molecule has 0 aliphatic heterocycles. The zero-order chi connectivity index (χ0) is 9.26. The van der Waals surface area contributed by atoms with Crippen molar-refractivity contribution in [3.63, 3.8) is 0 Å². The molecule has 0 atom stereocenters. The summed E-state index contributed by atoms with van der Waals surface area (Å²) in [5.74, 6) is 0. The summed E-state index contributed by atoms with van der Waals surface area (Å²) in [6.07, 6.45) is 2.33.